The van der Waals surface area contributed by atoms with Gasteiger partial charge in [-0.25, -0.2) is 9.98 Å². The molecule has 0 aliphatic rings. The standard InChI is InChI=1S/C25H17F3N4O2S/c1-15(29-17-11-5-7-13-19(17)34-25(26,27)28)21-22(16-9-3-2-4-10-16)31-32(23(21)33)24-30-18-12-6-8-14-20(18)35-24/h2-14,31H,1H3. The van der Waals surface area contributed by atoms with Crippen LogP contribution in [0.25, 0.3) is 26.6 Å². The number of hydrogen-bond acceptors (Lipinski definition) is 5. The van der Waals surface area contributed by atoms with Crippen molar-refractivity contribution in [3.63, 3.8) is 0 Å². The predicted octanol–water partition coefficient (Wildman–Crippen LogP) is 6.48. The van der Waals surface area contributed by atoms with Gasteiger partial charge in [-0.15, -0.1) is 13.2 Å². The van der Waals surface area contributed by atoms with Crippen molar-refractivity contribution in [1.82, 2.24) is 14.8 Å². The molecule has 0 unspecified atom stereocenters. The van der Waals surface area contributed by atoms with Crippen LogP contribution in [0.5, 0.6) is 5.75 Å². The average molecular weight is 494 g/mol. The molecule has 5 rings (SSSR count). The summed E-state index contributed by atoms with van der Waals surface area (Å²) in [5.41, 5.74) is 1.92. The van der Waals surface area contributed by atoms with Gasteiger partial charge in [-0.2, -0.15) is 4.68 Å². The summed E-state index contributed by atoms with van der Waals surface area (Å²) < 4.78 is 45.0. The summed E-state index contributed by atoms with van der Waals surface area (Å²) in [5.74, 6) is -0.456. The Hall–Kier alpha value is -4.18. The highest BCUT2D eigenvalue weighted by atomic mass is 32.1. The molecule has 2 aromatic heterocycles. The molecule has 0 saturated heterocycles. The zero-order valence-electron chi connectivity index (χ0n) is 18.2. The lowest BCUT2D eigenvalue weighted by Crippen LogP contribution is -2.19. The second-order valence-electron chi connectivity index (χ2n) is 7.55. The SMILES string of the molecule is CC(=Nc1ccccc1OC(F)(F)F)c1c(-c2ccccc2)[nH]n(-c2nc3ccccc3s2)c1=O. The van der Waals surface area contributed by atoms with E-state index in [4.69, 9.17) is 0 Å². The first-order valence-corrected chi connectivity index (χ1v) is 11.3. The molecule has 0 fully saturated rings. The highest BCUT2D eigenvalue weighted by Gasteiger charge is 2.32. The molecule has 6 nitrogen and oxygen atoms in total. The molecule has 0 aliphatic heterocycles. The molecule has 10 heteroatoms. The van der Waals surface area contributed by atoms with Crippen LogP contribution in [0.2, 0.25) is 0 Å². The Kier molecular flexibility index (Phi) is 5.73. The zero-order valence-corrected chi connectivity index (χ0v) is 19.0. The average Bonchev–Trinajstić information content (AvgIpc) is 3.41. The first kappa shape index (κ1) is 22.6. The van der Waals surface area contributed by atoms with Gasteiger partial charge in [0.05, 0.1) is 27.2 Å². The number of para-hydroxylation sites is 3. The summed E-state index contributed by atoms with van der Waals surface area (Å²) in [7, 11) is 0. The number of hydrogen-bond donors (Lipinski definition) is 1. The number of benzene rings is 3. The molecule has 1 N–H and O–H groups in total. The van der Waals surface area contributed by atoms with Crippen LogP contribution in [0.1, 0.15) is 12.5 Å². The first-order valence-electron chi connectivity index (χ1n) is 10.5. The number of nitrogens with zero attached hydrogens (tertiary/aromatic N) is 3. The number of aromatic amines is 1. The highest BCUT2D eigenvalue weighted by molar-refractivity contribution is 7.20. The fourth-order valence-corrected chi connectivity index (χ4v) is 4.60. The maximum Gasteiger partial charge on any atom is 0.573 e. The summed E-state index contributed by atoms with van der Waals surface area (Å²) >= 11 is 1.34. The van der Waals surface area contributed by atoms with Crippen LogP contribution >= 0.6 is 11.3 Å². The predicted molar refractivity (Wildman–Crippen MR) is 130 cm³/mol. The van der Waals surface area contributed by atoms with Gasteiger partial charge >= 0.3 is 6.36 Å². The lowest BCUT2D eigenvalue weighted by molar-refractivity contribution is -0.274. The lowest BCUT2D eigenvalue weighted by Gasteiger charge is -2.11. The van der Waals surface area contributed by atoms with E-state index in [-0.39, 0.29) is 17.0 Å². The van der Waals surface area contributed by atoms with Crippen molar-refractivity contribution in [3.8, 4) is 22.1 Å². The molecule has 176 valence electrons. The van der Waals surface area contributed by atoms with E-state index in [0.717, 1.165) is 10.2 Å². The fourth-order valence-electron chi connectivity index (χ4n) is 3.67. The van der Waals surface area contributed by atoms with Gasteiger partial charge in [-0.3, -0.25) is 9.89 Å². The van der Waals surface area contributed by atoms with E-state index in [1.807, 2.05) is 54.6 Å². The Morgan fingerprint density at radius 2 is 1.69 bits per heavy atom. The Bertz CT molecular complexity index is 1570. The van der Waals surface area contributed by atoms with Gasteiger partial charge in [-0.1, -0.05) is 65.9 Å². The van der Waals surface area contributed by atoms with Crippen LogP contribution < -0.4 is 10.3 Å². The maximum absolute atomic E-state index is 13.6. The number of ether oxygens (including phenoxy) is 1. The van der Waals surface area contributed by atoms with Gasteiger partial charge in [0.1, 0.15) is 5.69 Å². The van der Waals surface area contributed by atoms with Crippen LogP contribution in [0.4, 0.5) is 18.9 Å². The molecule has 5 aromatic rings. The van der Waals surface area contributed by atoms with Crippen molar-refractivity contribution in [1.29, 1.82) is 0 Å². The number of fused-ring (bicyclic) bond motifs is 1. The highest BCUT2D eigenvalue weighted by Crippen LogP contribution is 2.33. The molecule has 2 heterocycles. The lowest BCUT2D eigenvalue weighted by atomic mass is 10.1. The van der Waals surface area contributed by atoms with Crippen molar-refractivity contribution in [2.45, 2.75) is 13.3 Å². The third-order valence-corrected chi connectivity index (χ3v) is 6.19. The monoisotopic (exact) mass is 494 g/mol. The van der Waals surface area contributed by atoms with E-state index in [9.17, 15) is 18.0 Å². The molecular formula is C25H17F3N4O2S. The number of thiazole rings is 1. The zero-order chi connectivity index (χ0) is 24.6. The second kappa shape index (κ2) is 8.88. The Balaban J connectivity index is 1.68. The number of H-pyrrole nitrogens is 1. The van der Waals surface area contributed by atoms with Crippen molar-refractivity contribution in [2.24, 2.45) is 4.99 Å². The number of nitrogens with one attached hydrogen (secondary N) is 1. The molecule has 0 atom stereocenters. The number of aromatic nitrogens is 3. The molecule has 0 spiro atoms. The Morgan fingerprint density at radius 3 is 2.43 bits per heavy atom. The number of halogens is 3. The van der Waals surface area contributed by atoms with E-state index in [1.54, 1.807) is 13.0 Å². The van der Waals surface area contributed by atoms with Crippen LogP contribution in [0, 0.1) is 0 Å². The molecule has 0 aliphatic carbocycles. The van der Waals surface area contributed by atoms with Crippen LogP contribution in [-0.2, 0) is 0 Å². The van der Waals surface area contributed by atoms with E-state index in [1.165, 1.54) is 34.2 Å². The summed E-state index contributed by atoms with van der Waals surface area (Å²) in [6.07, 6.45) is -4.87. The van der Waals surface area contributed by atoms with Crippen molar-refractivity contribution < 1.29 is 17.9 Å². The van der Waals surface area contributed by atoms with Crippen molar-refractivity contribution in [2.75, 3.05) is 0 Å². The van der Waals surface area contributed by atoms with E-state index in [2.05, 4.69) is 19.8 Å². The van der Waals surface area contributed by atoms with Gasteiger partial charge in [-0.05, 0) is 31.2 Å². The van der Waals surface area contributed by atoms with Gasteiger partial charge < -0.3 is 4.74 Å². The quantitative estimate of drug-likeness (QED) is 0.284. The molecule has 35 heavy (non-hydrogen) atoms. The van der Waals surface area contributed by atoms with Crippen LogP contribution in [-0.4, -0.2) is 26.8 Å². The number of aliphatic imine (C=N–C) groups is 1. The second-order valence-corrected chi connectivity index (χ2v) is 8.55. The summed E-state index contributed by atoms with van der Waals surface area (Å²) in [6, 6.07) is 22.2. The van der Waals surface area contributed by atoms with Crippen molar-refractivity contribution >= 4 is 33.0 Å². The van der Waals surface area contributed by atoms with Crippen molar-refractivity contribution in [3.05, 3.63) is 94.8 Å². The van der Waals surface area contributed by atoms with Gasteiger partial charge in [0.2, 0.25) is 5.13 Å². The van der Waals surface area contributed by atoms with Crippen LogP contribution in [0.15, 0.2) is 88.6 Å². The number of rotatable bonds is 5. The van der Waals surface area contributed by atoms with Crippen LogP contribution in [0.3, 0.4) is 0 Å². The largest absolute Gasteiger partial charge is 0.573 e. The van der Waals surface area contributed by atoms with E-state index < -0.39 is 17.7 Å². The number of alkyl halides is 3. The minimum atomic E-state index is -4.87. The van der Waals surface area contributed by atoms with E-state index in [0.29, 0.717) is 16.4 Å². The topological polar surface area (TPSA) is 72.3 Å². The third-order valence-electron chi connectivity index (χ3n) is 5.17. The fraction of sp³-hybridized carbons (Fsp3) is 0.0800. The molecule has 0 bridgehead atoms. The van der Waals surface area contributed by atoms with Gasteiger partial charge in [0.25, 0.3) is 5.56 Å². The summed E-state index contributed by atoms with van der Waals surface area (Å²) in [5, 5.41) is 3.56. The molecule has 0 amide bonds. The van der Waals surface area contributed by atoms with E-state index >= 15 is 0 Å². The summed E-state index contributed by atoms with van der Waals surface area (Å²) in [6.45, 7) is 1.57. The molecule has 0 saturated carbocycles. The minimum absolute atomic E-state index is 0.0477. The third kappa shape index (κ3) is 4.60. The molecule has 3 aromatic carbocycles. The summed E-state index contributed by atoms with van der Waals surface area (Å²) in [4.78, 5) is 22.5. The molecular weight excluding hydrogens is 477 g/mol. The van der Waals surface area contributed by atoms with Gasteiger partial charge in [0.15, 0.2) is 5.75 Å². The smallest absolute Gasteiger partial charge is 0.403 e. The Labute approximate surface area is 201 Å². The normalized spacial score (nSPS) is 12.3. The molecule has 0 radical (unpaired) electrons. The maximum atomic E-state index is 13.6. The van der Waals surface area contributed by atoms with Gasteiger partial charge in [0, 0.05) is 5.56 Å². The first-order chi connectivity index (χ1) is 16.8. The minimum Gasteiger partial charge on any atom is -0.403 e. The Morgan fingerprint density at radius 1 is 1.00 bits per heavy atom.